The van der Waals surface area contributed by atoms with Gasteiger partial charge in [0.1, 0.15) is 0 Å². The maximum Gasteiger partial charge on any atom is 0.394 e. The molecule has 1 rings (SSSR count). The van der Waals surface area contributed by atoms with Crippen LogP contribution in [0.5, 0.6) is 0 Å². The molecule has 1 saturated heterocycles. The molecule has 3 nitrogen and oxygen atoms in total. The van der Waals surface area contributed by atoms with Crippen molar-refractivity contribution in [2.45, 2.75) is 32.0 Å². The van der Waals surface area contributed by atoms with Gasteiger partial charge < -0.3 is 10.6 Å². The summed E-state index contributed by atoms with van der Waals surface area (Å²) in [4.78, 5) is 12.6. The molecule has 1 amide bonds. The summed E-state index contributed by atoms with van der Waals surface area (Å²) in [7, 11) is 0. The monoisotopic (exact) mass is 260 g/mol. The first-order valence-electron chi connectivity index (χ1n) is 4.78. The molecule has 1 aliphatic rings. The zero-order valence-electron chi connectivity index (χ0n) is 9.17. The Labute approximate surface area is 98.6 Å². The molecular formula is C9H16ClF3N2O. The summed E-state index contributed by atoms with van der Waals surface area (Å²) in [5.74, 6) is -1.88. The first-order chi connectivity index (χ1) is 6.71. The molecule has 2 N–H and O–H groups in total. The third-order valence-electron chi connectivity index (χ3n) is 3.06. The van der Waals surface area contributed by atoms with Gasteiger partial charge in [0.05, 0.1) is 12.5 Å². The summed E-state index contributed by atoms with van der Waals surface area (Å²) in [6.07, 6.45) is -4.30. The average Bonchev–Trinajstić information content (AvgIpc) is 2.38. The van der Waals surface area contributed by atoms with Gasteiger partial charge in [0.15, 0.2) is 0 Å². The normalized spacial score (nSPS) is 24.1. The molecule has 1 unspecified atom stereocenters. The number of amides is 1. The number of halogens is 4. The van der Waals surface area contributed by atoms with Crippen molar-refractivity contribution in [1.29, 1.82) is 0 Å². The van der Waals surface area contributed by atoms with Crippen LogP contribution in [0.15, 0.2) is 0 Å². The van der Waals surface area contributed by atoms with Gasteiger partial charge in [-0.25, -0.2) is 0 Å². The molecule has 0 radical (unpaired) electrons. The first kappa shape index (κ1) is 15.5. The highest BCUT2D eigenvalue weighted by molar-refractivity contribution is 5.85. The number of nitrogens with zero attached hydrogens (tertiary/aromatic N) is 1. The standard InChI is InChI=1S/C9H15F3N2O.ClH/c1-8(2)6(9(10,11)12)3-4-14(8)7(15)5-13;/h6H,3-5,13H2,1-2H3;1H. The van der Waals surface area contributed by atoms with Gasteiger partial charge in [0, 0.05) is 12.1 Å². The summed E-state index contributed by atoms with van der Waals surface area (Å²) >= 11 is 0. The van der Waals surface area contributed by atoms with Crippen molar-refractivity contribution in [3.05, 3.63) is 0 Å². The molecule has 1 fully saturated rings. The Kier molecular flexibility index (Phi) is 4.64. The predicted molar refractivity (Wildman–Crippen MR) is 56.3 cm³/mol. The summed E-state index contributed by atoms with van der Waals surface area (Å²) in [6.45, 7) is 2.76. The molecule has 0 aliphatic carbocycles. The summed E-state index contributed by atoms with van der Waals surface area (Å²) in [5, 5.41) is 0. The summed E-state index contributed by atoms with van der Waals surface area (Å²) in [5.41, 5.74) is 3.97. The van der Waals surface area contributed by atoms with Gasteiger partial charge in [-0.15, -0.1) is 12.4 Å². The van der Waals surface area contributed by atoms with E-state index in [1.165, 1.54) is 18.7 Å². The van der Waals surface area contributed by atoms with Crippen LogP contribution in [0.2, 0.25) is 0 Å². The molecule has 0 aromatic rings. The molecule has 1 aliphatic heterocycles. The van der Waals surface area contributed by atoms with Crippen molar-refractivity contribution >= 4 is 18.3 Å². The predicted octanol–water partition coefficient (Wildman–Crippen LogP) is 1.56. The maximum atomic E-state index is 12.6. The van der Waals surface area contributed by atoms with Crippen molar-refractivity contribution in [3.63, 3.8) is 0 Å². The highest BCUT2D eigenvalue weighted by Gasteiger charge is 2.55. The first-order valence-corrected chi connectivity index (χ1v) is 4.78. The number of likely N-dealkylation sites (tertiary alicyclic amines) is 1. The van der Waals surface area contributed by atoms with Gasteiger partial charge in [-0.2, -0.15) is 13.2 Å². The lowest BCUT2D eigenvalue weighted by atomic mass is 9.88. The molecule has 0 spiro atoms. The van der Waals surface area contributed by atoms with E-state index in [0.717, 1.165) is 0 Å². The third kappa shape index (κ3) is 2.60. The van der Waals surface area contributed by atoms with E-state index in [4.69, 9.17) is 5.73 Å². The molecular weight excluding hydrogens is 245 g/mol. The van der Waals surface area contributed by atoms with Crippen molar-refractivity contribution < 1.29 is 18.0 Å². The van der Waals surface area contributed by atoms with E-state index in [1.54, 1.807) is 0 Å². The van der Waals surface area contributed by atoms with Crippen LogP contribution in [0.1, 0.15) is 20.3 Å². The third-order valence-corrected chi connectivity index (χ3v) is 3.06. The Morgan fingerprint density at radius 1 is 1.50 bits per heavy atom. The lowest BCUT2D eigenvalue weighted by Crippen LogP contribution is -2.51. The Hall–Kier alpha value is -0.490. The van der Waals surface area contributed by atoms with E-state index >= 15 is 0 Å². The molecule has 0 aromatic heterocycles. The van der Waals surface area contributed by atoms with Gasteiger partial charge in [0.2, 0.25) is 5.91 Å². The topological polar surface area (TPSA) is 46.3 Å². The fourth-order valence-corrected chi connectivity index (χ4v) is 2.21. The van der Waals surface area contributed by atoms with Crippen LogP contribution in [0.25, 0.3) is 0 Å². The lowest BCUT2D eigenvalue weighted by molar-refractivity contribution is -0.192. The average molecular weight is 261 g/mol. The Balaban J connectivity index is 0.00000225. The van der Waals surface area contributed by atoms with Crippen molar-refractivity contribution in [3.8, 4) is 0 Å². The molecule has 7 heteroatoms. The van der Waals surface area contributed by atoms with Crippen LogP contribution in [-0.4, -0.2) is 35.6 Å². The van der Waals surface area contributed by atoms with Crippen molar-refractivity contribution in [1.82, 2.24) is 4.90 Å². The number of carbonyl (C=O) groups is 1. The minimum absolute atomic E-state index is 0. The van der Waals surface area contributed by atoms with Gasteiger partial charge in [-0.3, -0.25) is 4.79 Å². The van der Waals surface area contributed by atoms with Crippen LogP contribution in [-0.2, 0) is 4.79 Å². The Morgan fingerprint density at radius 2 is 2.00 bits per heavy atom. The fraction of sp³-hybridized carbons (Fsp3) is 0.889. The number of alkyl halides is 3. The smallest absolute Gasteiger partial charge is 0.336 e. The van der Waals surface area contributed by atoms with E-state index < -0.39 is 23.5 Å². The van der Waals surface area contributed by atoms with Gasteiger partial charge >= 0.3 is 6.18 Å². The van der Waals surface area contributed by atoms with Gasteiger partial charge in [-0.05, 0) is 20.3 Å². The summed E-state index contributed by atoms with van der Waals surface area (Å²) < 4.78 is 37.9. The lowest BCUT2D eigenvalue weighted by Gasteiger charge is -2.36. The second-order valence-corrected chi connectivity index (χ2v) is 4.29. The zero-order chi connectivity index (χ0) is 11.9. The number of carbonyl (C=O) groups excluding carboxylic acids is 1. The number of rotatable bonds is 1. The maximum absolute atomic E-state index is 12.6. The molecule has 96 valence electrons. The molecule has 1 heterocycles. The molecule has 16 heavy (non-hydrogen) atoms. The largest absolute Gasteiger partial charge is 0.394 e. The van der Waals surface area contributed by atoms with Crippen LogP contribution in [0, 0.1) is 5.92 Å². The van der Waals surface area contributed by atoms with Crippen LogP contribution in [0.4, 0.5) is 13.2 Å². The SMILES string of the molecule is CC1(C)C(C(F)(F)F)CCN1C(=O)CN.Cl. The minimum Gasteiger partial charge on any atom is -0.336 e. The highest BCUT2D eigenvalue weighted by Crippen LogP contribution is 2.44. The van der Waals surface area contributed by atoms with Crippen LogP contribution >= 0.6 is 12.4 Å². The quantitative estimate of drug-likeness (QED) is 0.778. The van der Waals surface area contributed by atoms with E-state index in [9.17, 15) is 18.0 Å². The summed E-state index contributed by atoms with van der Waals surface area (Å²) in [6, 6.07) is 0. The molecule has 0 bridgehead atoms. The van der Waals surface area contributed by atoms with E-state index in [0.29, 0.717) is 0 Å². The Bertz CT molecular complexity index is 268. The van der Waals surface area contributed by atoms with Crippen LogP contribution < -0.4 is 5.73 Å². The Morgan fingerprint density at radius 3 is 2.31 bits per heavy atom. The fourth-order valence-electron chi connectivity index (χ4n) is 2.21. The second-order valence-electron chi connectivity index (χ2n) is 4.29. The highest BCUT2D eigenvalue weighted by atomic mass is 35.5. The van der Waals surface area contributed by atoms with E-state index in [-0.39, 0.29) is 31.9 Å². The molecule has 0 saturated carbocycles. The minimum atomic E-state index is -4.26. The van der Waals surface area contributed by atoms with E-state index in [2.05, 4.69) is 0 Å². The number of nitrogens with two attached hydrogens (primary N) is 1. The van der Waals surface area contributed by atoms with E-state index in [1.807, 2.05) is 0 Å². The van der Waals surface area contributed by atoms with Gasteiger partial charge in [0.25, 0.3) is 0 Å². The van der Waals surface area contributed by atoms with Crippen LogP contribution in [0.3, 0.4) is 0 Å². The van der Waals surface area contributed by atoms with Crippen molar-refractivity contribution in [2.24, 2.45) is 11.7 Å². The molecule has 0 aromatic carbocycles. The zero-order valence-corrected chi connectivity index (χ0v) is 9.99. The van der Waals surface area contributed by atoms with Crippen molar-refractivity contribution in [2.75, 3.05) is 13.1 Å². The molecule has 1 atom stereocenters. The van der Waals surface area contributed by atoms with Gasteiger partial charge in [-0.1, -0.05) is 0 Å². The number of hydrogen-bond donors (Lipinski definition) is 1. The second kappa shape index (κ2) is 4.79. The number of hydrogen-bond acceptors (Lipinski definition) is 2.